The Morgan fingerprint density at radius 3 is 2.25 bits per heavy atom. The lowest BCUT2D eigenvalue weighted by Crippen LogP contribution is -2.03. The molecule has 0 aromatic carbocycles. The van der Waals surface area contributed by atoms with Crippen molar-refractivity contribution in [1.29, 1.82) is 0 Å². The first-order valence-corrected chi connectivity index (χ1v) is 7.73. The third-order valence-corrected chi connectivity index (χ3v) is 3.11. The van der Waals surface area contributed by atoms with E-state index in [1.54, 1.807) is 0 Å². The molecule has 0 amide bonds. The molecule has 0 heterocycles. The van der Waals surface area contributed by atoms with Gasteiger partial charge in [-0.05, 0) is 51.3 Å². The normalized spacial score (nSPS) is 13.0. The van der Waals surface area contributed by atoms with Crippen molar-refractivity contribution in [3.63, 3.8) is 0 Å². The van der Waals surface area contributed by atoms with Crippen molar-refractivity contribution in [2.24, 2.45) is 0 Å². The van der Waals surface area contributed by atoms with Crippen LogP contribution in [0.25, 0.3) is 0 Å². The minimum atomic E-state index is -2.05. The van der Waals surface area contributed by atoms with Crippen molar-refractivity contribution in [1.82, 2.24) is 0 Å². The van der Waals surface area contributed by atoms with Crippen LogP contribution in [0.2, 0.25) is 0 Å². The molecule has 12 heavy (non-hydrogen) atoms. The van der Waals surface area contributed by atoms with E-state index in [0.29, 0.717) is 12.4 Å². The summed E-state index contributed by atoms with van der Waals surface area (Å²) in [7, 11) is 14.5. The summed E-state index contributed by atoms with van der Waals surface area (Å²) in [4.78, 5) is 10.2. The summed E-state index contributed by atoms with van der Waals surface area (Å²) in [5.41, 5.74) is 0. The van der Waals surface area contributed by atoms with Gasteiger partial charge in [0.2, 0.25) is 5.24 Å². The standard InChI is InChI=1S/C5H8Cl4O2S/c6-5(10)1-2-11-3-4-12(7,8)9/h1-4H2. The Kier molecular flexibility index (Phi) is 7.20. The second-order valence-electron chi connectivity index (χ2n) is 1.92. The topological polar surface area (TPSA) is 26.3 Å². The van der Waals surface area contributed by atoms with Crippen molar-refractivity contribution >= 4 is 56.6 Å². The average molecular weight is 274 g/mol. The Morgan fingerprint density at radius 1 is 1.25 bits per heavy atom. The van der Waals surface area contributed by atoms with Crippen molar-refractivity contribution in [3.8, 4) is 0 Å². The number of hydrogen-bond donors (Lipinski definition) is 0. The molecule has 0 aliphatic carbocycles. The maximum atomic E-state index is 10.2. The summed E-state index contributed by atoms with van der Waals surface area (Å²) in [6.45, 7) is 0.624. The van der Waals surface area contributed by atoms with Gasteiger partial charge in [0.25, 0.3) is 0 Å². The van der Waals surface area contributed by atoms with Crippen molar-refractivity contribution in [2.45, 2.75) is 6.42 Å². The molecule has 0 N–H and O–H groups in total. The molecule has 0 aromatic rings. The molecule has 0 atom stereocenters. The van der Waals surface area contributed by atoms with E-state index >= 15 is 0 Å². The van der Waals surface area contributed by atoms with Gasteiger partial charge in [0, 0.05) is 12.2 Å². The van der Waals surface area contributed by atoms with E-state index in [2.05, 4.69) is 0 Å². The molecule has 7 heteroatoms. The van der Waals surface area contributed by atoms with E-state index in [1.165, 1.54) is 0 Å². The zero-order valence-corrected chi connectivity index (χ0v) is 9.91. The third kappa shape index (κ3) is 11.1. The first-order valence-electron chi connectivity index (χ1n) is 3.08. The minimum absolute atomic E-state index is 0.191. The molecule has 0 saturated carbocycles. The number of hydrogen-bond acceptors (Lipinski definition) is 2. The van der Waals surface area contributed by atoms with Gasteiger partial charge in [0.05, 0.1) is 13.2 Å². The van der Waals surface area contributed by atoms with Crippen LogP contribution >= 0.6 is 51.3 Å². The molecule has 74 valence electrons. The minimum Gasteiger partial charge on any atom is -0.380 e. The molecule has 0 fully saturated rings. The number of rotatable bonds is 6. The lowest BCUT2D eigenvalue weighted by molar-refractivity contribution is -0.112. The highest BCUT2D eigenvalue weighted by atomic mass is 36.2. The Bertz CT molecular complexity index is 147. The van der Waals surface area contributed by atoms with E-state index in [0.717, 1.165) is 0 Å². The fourth-order valence-corrected chi connectivity index (χ4v) is 1.36. The summed E-state index contributed by atoms with van der Waals surface area (Å²) in [6, 6.07) is 0. The molecule has 0 saturated heterocycles. The Morgan fingerprint density at radius 2 is 1.83 bits per heavy atom. The highest BCUT2D eigenvalue weighted by molar-refractivity contribution is 8.79. The summed E-state index contributed by atoms with van der Waals surface area (Å²) >= 11 is 5.05. The Hall–Kier alpha value is 1.14. The van der Waals surface area contributed by atoms with Crippen LogP contribution in [0, 0.1) is 0 Å². The van der Waals surface area contributed by atoms with Gasteiger partial charge in [-0.15, -0.1) is 0 Å². The largest absolute Gasteiger partial charge is 0.380 e. The van der Waals surface area contributed by atoms with Crippen molar-refractivity contribution < 1.29 is 9.53 Å². The van der Waals surface area contributed by atoms with Crippen LogP contribution in [0.3, 0.4) is 0 Å². The maximum absolute atomic E-state index is 10.2. The maximum Gasteiger partial charge on any atom is 0.223 e. The van der Waals surface area contributed by atoms with Crippen molar-refractivity contribution in [3.05, 3.63) is 0 Å². The molecule has 0 unspecified atom stereocenters. The molecule has 2 nitrogen and oxygen atoms in total. The van der Waals surface area contributed by atoms with Crippen LogP contribution in [0.5, 0.6) is 0 Å². The van der Waals surface area contributed by atoms with E-state index in [9.17, 15) is 4.79 Å². The molecular formula is C5H8Cl4O2S. The fourth-order valence-electron chi connectivity index (χ4n) is 0.408. The van der Waals surface area contributed by atoms with Gasteiger partial charge in [-0.1, -0.05) is 0 Å². The summed E-state index contributed by atoms with van der Waals surface area (Å²) in [5, 5.41) is -0.420. The summed E-state index contributed by atoms with van der Waals surface area (Å²) < 4.78 is 4.98. The zero-order valence-electron chi connectivity index (χ0n) is 6.07. The van der Waals surface area contributed by atoms with Crippen LogP contribution in [-0.2, 0) is 9.53 Å². The first-order chi connectivity index (χ1) is 5.42. The first kappa shape index (κ1) is 13.1. The lowest BCUT2D eigenvalue weighted by atomic mass is 10.5. The van der Waals surface area contributed by atoms with Crippen molar-refractivity contribution in [2.75, 3.05) is 19.0 Å². The second-order valence-corrected chi connectivity index (χ2v) is 9.92. The summed E-state index contributed by atoms with van der Waals surface area (Å²) in [6.07, 6.45) is 0.191. The predicted molar refractivity (Wildman–Crippen MR) is 56.3 cm³/mol. The molecule has 0 rings (SSSR count). The molecule has 0 radical (unpaired) electrons. The van der Waals surface area contributed by atoms with Crippen LogP contribution in [0.4, 0.5) is 0 Å². The summed E-state index contributed by atoms with van der Waals surface area (Å²) in [5.74, 6) is 0.383. The van der Waals surface area contributed by atoms with E-state index in [1.807, 2.05) is 0 Å². The highest BCUT2D eigenvalue weighted by Crippen LogP contribution is 2.62. The smallest absolute Gasteiger partial charge is 0.223 e. The van der Waals surface area contributed by atoms with Gasteiger partial charge in [0.1, 0.15) is 0 Å². The number of ether oxygens (including phenoxy) is 1. The molecular weight excluding hydrogens is 266 g/mol. The third-order valence-electron chi connectivity index (χ3n) is 0.902. The fraction of sp³-hybridized carbons (Fsp3) is 0.800. The van der Waals surface area contributed by atoms with Gasteiger partial charge in [-0.3, -0.25) is 4.79 Å². The molecule has 0 bridgehead atoms. The molecule has 0 aliphatic heterocycles. The van der Waals surface area contributed by atoms with Gasteiger partial charge in [-0.25, -0.2) is 0 Å². The van der Waals surface area contributed by atoms with Gasteiger partial charge < -0.3 is 4.74 Å². The molecule has 0 aromatic heterocycles. The molecule has 0 aliphatic rings. The highest BCUT2D eigenvalue weighted by Gasteiger charge is 2.12. The van der Waals surface area contributed by atoms with Gasteiger partial charge >= 0.3 is 0 Å². The quantitative estimate of drug-likeness (QED) is 0.548. The van der Waals surface area contributed by atoms with Crippen LogP contribution in [-0.4, -0.2) is 24.2 Å². The van der Waals surface area contributed by atoms with E-state index in [-0.39, 0.29) is 13.0 Å². The Labute approximate surface area is 91.3 Å². The number of halogens is 4. The molecule has 0 spiro atoms. The number of carbonyl (C=O) groups excluding carboxylic acids is 1. The predicted octanol–water partition coefficient (Wildman–Crippen LogP) is 3.42. The van der Waals surface area contributed by atoms with Crippen LogP contribution in [0.1, 0.15) is 6.42 Å². The Balaban J connectivity index is 3.17. The second kappa shape index (κ2) is 6.57. The van der Waals surface area contributed by atoms with Crippen LogP contribution in [0.15, 0.2) is 0 Å². The SMILES string of the molecule is O=C(Cl)CCOCCS(Cl)(Cl)Cl. The zero-order chi connectivity index (χ0) is 9.61. The monoisotopic (exact) mass is 272 g/mol. The van der Waals surface area contributed by atoms with Gasteiger partial charge in [-0.2, -0.15) is 0 Å². The average Bonchev–Trinajstić information content (AvgIpc) is 1.83. The van der Waals surface area contributed by atoms with Gasteiger partial charge in [0.15, 0.2) is 0 Å². The van der Waals surface area contributed by atoms with E-state index in [4.69, 9.17) is 48.4 Å². The van der Waals surface area contributed by atoms with E-state index < -0.39 is 12.9 Å². The van der Waals surface area contributed by atoms with Crippen LogP contribution < -0.4 is 0 Å². The number of carbonyl (C=O) groups is 1. The lowest BCUT2D eigenvalue weighted by Gasteiger charge is -2.14.